The zero-order valence-electron chi connectivity index (χ0n) is 33.2. The van der Waals surface area contributed by atoms with Crippen LogP contribution in [0.15, 0.2) is 12.1 Å². The second-order valence-corrected chi connectivity index (χ2v) is 17.0. The fourth-order valence-electron chi connectivity index (χ4n) is 9.95. The molecule has 52 heavy (non-hydrogen) atoms. The molecule has 5 fully saturated rings. The molecule has 1 saturated heterocycles. The van der Waals surface area contributed by atoms with Gasteiger partial charge in [-0.25, -0.2) is 4.79 Å². The molecule has 0 aromatic heterocycles. The van der Waals surface area contributed by atoms with Gasteiger partial charge in [0.25, 0.3) is 0 Å². The third-order valence-electron chi connectivity index (χ3n) is 13.5. The first-order valence-electron chi connectivity index (χ1n) is 19.7. The molecule has 1 aromatic carbocycles. The van der Waals surface area contributed by atoms with E-state index in [4.69, 9.17) is 33.2 Å². The molecule has 6 rings (SSSR count). The zero-order valence-corrected chi connectivity index (χ0v) is 33.2. The molecule has 11 heteroatoms. The third-order valence-corrected chi connectivity index (χ3v) is 13.5. The van der Waals surface area contributed by atoms with Crippen LogP contribution in [0, 0.1) is 29.6 Å². The van der Waals surface area contributed by atoms with Crippen LogP contribution >= 0.6 is 0 Å². The number of rotatable bonds is 19. The number of ether oxygens (including phenoxy) is 7. The van der Waals surface area contributed by atoms with Crippen molar-refractivity contribution in [3.63, 3.8) is 0 Å². The summed E-state index contributed by atoms with van der Waals surface area (Å²) in [5.41, 5.74) is -0.806. The minimum absolute atomic E-state index is 0.00565. The molecule has 2 bridgehead atoms. The van der Waals surface area contributed by atoms with Crippen LogP contribution in [0.3, 0.4) is 0 Å². The molecule has 1 spiro atoms. The predicted molar refractivity (Wildman–Crippen MR) is 198 cm³/mol. The van der Waals surface area contributed by atoms with Gasteiger partial charge < -0.3 is 43.4 Å². The summed E-state index contributed by atoms with van der Waals surface area (Å²) >= 11 is 0. The first-order valence-corrected chi connectivity index (χ1v) is 19.7. The van der Waals surface area contributed by atoms with E-state index in [1.165, 1.54) is 12.8 Å². The van der Waals surface area contributed by atoms with Crippen molar-refractivity contribution in [1.29, 1.82) is 0 Å². The van der Waals surface area contributed by atoms with Crippen LogP contribution in [0.4, 0.5) is 4.79 Å². The average molecular weight is 734 g/mol. The first-order chi connectivity index (χ1) is 24.7. The molecule has 4 aliphatic carbocycles. The highest BCUT2D eigenvalue weighted by molar-refractivity contribution is 5.67. The number of aromatic hydroxyl groups is 1. The number of aryl methyl sites for hydroxylation is 1. The summed E-state index contributed by atoms with van der Waals surface area (Å²) in [7, 11) is 1.80. The van der Waals surface area contributed by atoms with Crippen molar-refractivity contribution >= 4 is 6.16 Å². The number of phenolic OH excluding ortho intramolecular Hbond substituents is 1. The number of aliphatic hydroxyl groups is 1. The van der Waals surface area contributed by atoms with E-state index in [-0.39, 0.29) is 47.5 Å². The van der Waals surface area contributed by atoms with Crippen molar-refractivity contribution in [1.82, 2.24) is 4.90 Å². The molecule has 0 radical (unpaired) electrons. The van der Waals surface area contributed by atoms with Crippen molar-refractivity contribution in [3.8, 4) is 11.5 Å². The van der Waals surface area contributed by atoms with Gasteiger partial charge in [-0.1, -0.05) is 26.8 Å². The Bertz CT molecular complexity index is 1340. The number of methoxy groups -OCH3 is 1. The van der Waals surface area contributed by atoms with Crippen LogP contribution in [0.2, 0.25) is 0 Å². The van der Waals surface area contributed by atoms with Gasteiger partial charge in [0.15, 0.2) is 11.5 Å². The largest absolute Gasteiger partial charge is 0.514 e. The maximum absolute atomic E-state index is 12.9. The number of carbonyl (C=O) groups excluding carboxylic acids is 1. The van der Waals surface area contributed by atoms with Crippen molar-refractivity contribution in [3.05, 3.63) is 23.3 Å². The monoisotopic (exact) mass is 733 g/mol. The molecule has 0 amide bonds. The van der Waals surface area contributed by atoms with E-state index >= 15 is 0 Å². The number of hydrogen-bond donors (Lipinski definition) is 2. The number of benzene rings is 1. The minimum Gasteiger partial charge on any atom is -0.504 e. The molecular formula is C41H67NO10. The Morgan fingerprint density at radius 3 is 2.12 bits per heavy atom. The lowest BCUT2D eigenvalue weighted by atomic mass is 9.35. The van der Waals surface area contributed by atoms with Gasteiger partial charge in [0.1, 0.15) is 6.61 Å². The molecule has 1 aromatic rings. The normalized spacial score (nSPS) is 30.2. The van der Waals surface area contributed by atoms with Crippen LogP contribution in [0.1, 0.15) is 97.6 Å². The molecular weight excluding hydrogens is 666 g/mol. The highest BCUT2D eigenvalue weighted by atomic mass is 16.7. The van der Waals surface area contributed by atoms with Gasteiger partial charge in [-0.2, -0.15) is 0 Å². The highest BCUT2D eigenvalue weighted by Gasteiger charge is 2.73. The van der Waals surface area contributed by atoms with Crippen molar-refractivity contribution in [2.24, 2.45) is 22.7 Å². The highest BCUT2D eigenvalue weighted by Crippen LogP contribution is 2.73. The van der Waals surface area contributed by atoms with Crippen molar-refractivity contribution in [2.45, 2.75) is 116 Å². The zero-order chi connectivity index (χ0) is 37.8. The van der Waals surface area contributed by atoms with E-state index in [1.54, 1.807) is 13.2 Å². The van der Waals surface area contributed by atoms with Gasteiger partial charge in [-0.3, -0.25) is 4.90 Å². The number of fused-ring (bicyclic) bond motifs is 2. The van der Waals surface area contributed by atoms with Gasteiger partial charge in [0, 0.05) is 43.2 Å². The SMILES string of the molecule is CCOCCOCCOCCOCCOC(=O)Oc1ccc(C)c(C23CCN(CC4CC4)C(C)[C@]24CC[C@](OC)(C3)C(C(C)(O)C(C)(C)C)C4)c1O. The molecule has 4 unspecified atom stereocenters. The molecule has 296 valence electrons. The summed E-state index contributed by atoms with van der Waals surface area (Å²) < 4.78 is 39.3. The van der Waals surface area contributed by atoms with Crippen molar-refractivity contribution in [2.75, 3.05) is 79.7 Å². The lowest BCUT2D eigenvalue weighted by Crippen LogP contribution is -2.76. The quantitative estimate of drug-likeness (QED) is 0.0931. The summed E-state index contributed by atoms with van der Waals surface area (Å²) in [4.78, 5) is 15.6. The Labute approximate surface area is 311 Å². The number of nitrogens with zero attached hydrogens (tertiary/aromatic N) is 1. The Hall–Kier alpha value is -1.99. The molecule has 4 saturated carbocycles. The third kappa shape index (κ3) is 8.16. The van der Waals surface area contributed by atoms with E-state index < -0.39 is 22.8 Å². The molecule has 2 N–H and O–H groups in total. The lowest BCUT2D eigenvalue weighted by molar-refractivity contribution is -0.278. The number of piperidine rings is 1. The van der Waals surface area contributed by atoms with Crippen LogP contribution in [0.25, 0.3) is 0 Å². The number of phenols is 1. The predicted octanol–water partition coefficient (Wildman–Crippen LogP) is 6.42. The number of carbonyl (C=O) groups is 1. The second kappa shape index (κ2) is 16.8. The van der Waals surface area contributed by atoms with Gasteiger partial charge in [-0.05, 0) is 108 Å². The van der Waals surface area contributed by atoms with Crippen LogP contribution in [-0.4, -0.2) is 118 Å². The summed E-state index contributed by atoms with van der Waals surface area (Å²) in [5.74, 6) is 0.744. The summed E-state index contributed by atoms with van der Waals surface area (Å²) in [6.45, 7) is 20.4. The lowest BCUT2D eigenvalue weighted by Gasteiger charge is -2.74. The summed E-state index contributed by atoms with van der Waals surface area (Å²) in [6.07, 6.45) is 5.78. The van der Waals surface area contributed by atoms with Gasteiger partial charge in [-0.15, -0.1) is 0 Å². The average Bonchev–Trinajstić information content (AvgIpc) is 3.93. The standard InChI is InChI=1S/C41H67NO10/c1-9-47-18-19-48-20-21-49-22-23-50-24-25-51-36(44)52-32-13-10-29(2)34(35(32)43)40-16-17-42(27-31-11-12-31)30(3)39(40)14-15-41(28-40,46-8)33(26-39)38(7,45)37(4,5)6/h10,13,30-31,33,43,45H,9,11-12,14-28H2,1-8H3/t30?,33?,38?,39-,40?,41+/m1/s1. The Kier molecular flexibility index (Phi) is 13.3. The van der Waals surface area contributed by atoms with E-state index in [2.05, 4.69) is 32.6 Å². The van der Waals surface area contributed by atoms with E-state index in [0.29, 0.717) is 52.7 Å². The van der Waals surface area contributed by atoms with Gasteiger partial charge >= 0.3 is 6.16 Å². The maximum atomic E-state index is 12.9. The van der Waals surface area contributed by atoms with Crippen LogP contribution in [-0.2, 0) is 33.8 Å². The second-order valence-electron chi connectivity index (χ2n) is 17.0. The molecule has 1 heterocycles. The molecule has 1 aliphatic heterocycles. The smallest absolute Gasteiger partial charge is 0.504 e. The molecule has 6 atom stereocenters. The number of hydrogen-bond acceptors (Lipinski definition) is 11. The first kappa shape index (κ1) is 41.2. The van der Waals surface area contributed by atoms with E-state index in [0.717, 1.165) is 55.8 Å². The topological polar surface area (TPSA) is 125 Å². The Balaban J connectivity index is 1.29. The minimum atomic E-state index is -0.984. The van der Waals surface area contributed by atoms with E-state index in [9.17, 15) is 15.0 Å². The molecule has 5 aliphatic rings. The number of likely N-dealkylation sites (tertiary alicyclic amines) is 1. The maximum Gasteiger partial charge on any atom is 0.514 e. The van der Waals surface area contributed by atoms with Gasteiger partial charge in [0.2, 0.25) is 0 Å². The Morgan fingerprint density at radius 2 is 1.54 bits per heavy atom. The van der Waals surface area contributed by atoms with E-state index in [1.807, 2.05) is 26.8 Å². The fraction of sp³-hybridized carbons (Fsp3) is 0.829. The fourth-order valence-corrected chi connectivity index (χ4v) is 9.95. The van der Waals surface area contributed by atoms with Crippen LogP contribution in [0.5, 0.6) is 11.5 Å². The van der Waals surface area contributed by atoms with Crippen LogP contribution < -0.4 is 4.74 Å². The van der Waals surface area contributed by atoms with Gasteiger partial charge in [0.05, 0.1) is 57.5 Å². The summed E-state index contributed by atoms with van der Waals surface area (Å²) in [5, 5.41) is 24.5. The van der Waals surface area contributed by atoms with Crippen molar-refractivity contribution < 1.29 is 48.2 Å². The summed E-state index contributed by atoms with van der Waals surface area (Å²) in [6, 6.07) is 3.83. The Morgan fingerprint density at radius 1 is 0.923 bits per heavy atom. The molecule has 11 nitrogen and oxygen atoms in total.